The van der Waals surface area contributed by atoms with Crippen molar-refractivity contribution in [3.8, 4) is 0 Å². The van der Waals surface area contributed by atoms with E-state index in [2.05, 4.69) is 5.32 Å². The monoisotopic (exact) mass is 414 g/mol. The zero-order valence-corrected chi connectivity index (χ0v) is 16.5. The van der Waals surface area contributed by atoms with Crippen molar-refractivity contribution >= 4 is 28.4 Å². The van der Waals surface area contributed by atoms with Crippen LogP contribution in [0.5, 0.6) is 0 Å². The van der Waals surface area contributed by atoms with E-state index in [1.165, 1.54) is 12.3 Å². The highest BCUT2D eigenvalue weighted by molar-refractivity contribution is 6.31. The van der Waals surface area contributed by atoms with Crippen LogP contribution in [0.15, 0.2) is 47.4 Å². The number of hydrogen-bond acceptors (Lipinski definition) is 3. The zero-order valence-electron chi connectivity index (χ0n) is 15.8. The third-order valence-corrected chi connectivity index (χ3v) is 5.43. The summed E-state index contributed by atoms with van der Waals surface area (Å²) in [6.07, 6.45) is 2.44. The van der Waals surface area contributed by atoms with Crippen molar-refractivity contribution in [2.45, 2.75) is 31.9 Å². The number of carbonyl (C=O) groups excluding carboxylic acids is 1. The average Bonchev–Trinajstić information content (AvgIpc) is 3.53. The van der Waals surface area contributed by atoms with E-state index < -0.39 is 23.3 Å². The number of amides is 1. The minimum atomic E-state index is -0.902. The van der Waals surface area contributed by atoms with Crippen molar-refractivity contribution in [1.82, 2.24) is 9.88 Å². The highest BCUT2D eigenvalue weighted by Crippen LogP contribution is 2.37. The molecule has 0 bridgehead atoms. The van der Waals surface area contributed by atoms with Crippen molar-refractivity contribution in [3.63, 3.8) is 0 Å². The van der Waals surface area contributed by atoms with Gasteiger partial charge in [0.25, 0.3) is 5.91 Å². The molecular weight excluding hydrogens is 395 g/mol. The number of aliphatic hydroxyl groups excluding tert-OH is 1. The van der Waals surface area contributed by atoms with Crippen molar-refractivity contribution in [1.29, 1.82) is 0 Å². The molecule has 1 atom stereocenters. The first-order valence-corrected chi connectivity index (χ1v) is 9.79. The molecule has 1 amide bonds. The number of nitrogens with zero attached hydrogens (tertiary/aromatic N) is 1. The van der Waals surface area contributed by atoms with Gasteiger partial charge >= 0.3 is 0 Å². The predicted octanol–water partition coefficient (Wildman–Crippen LogP) is 3.90. The Labute approximate surface area is 171 Å². The zero-order chi connectivity index (χ0) is 20.7. The number of halogens is 2. The van der Waals surface area contributed by atoms with Crippen LogP contribution >= 0.6 is 11.6 Å². The first-order chi connectivity index (χ1) is 13.8. The maximum Gasteiger partial charge on any atom is 0.256 e. The SMILES string of the molecule is Cc1cccc(C(O)CNC(=O)c2cn(C3CC3)c3cc(Cl)c(F)cc3c2=O)c1. The standard InChI is InChI=1S/C22H20ClFN2O3/c1-12-3-2-4-13(7-12)20(27)10-25-22(29)16-11-26(14-5-6-14)19-9-17(23)18(24)8-15(19)21(16)28/h2-4,7-9,11,14,20,27H,5-6,10H2,1H3,(H,25,29). The maximum absolute atomic E-state index is 14.0. The quantitative estimate of drug-likeness (QED) is 0.665. The fourth-order valence-electron chi connectivity index (χ4n) is 3.44. The summed E-state index contributed by atoms with van der Waals surface area (Å²) in [5.41, 5.74) is 1.55. The number of hydrogen-bond donors (Lipinski definition) is 2. The lowest BCUT2D eigenvalue weighted by molar-refractivity contribution is 0.0914. The highest BCUT2D eigenvalue weighted by atomic mass is 35.5. The fraction of sp³-hybridized carbons (Fsp3) is 0.273. The molecule has 1 aliphatic rings. The number of carbonyl (C=O) groups is 1. The molecule has 29 heavy (non-hydrogen) atoms. The molecule has 0 saturated heterocycles. The largest absolute Gasteiger partial charge is 0.387 e. The average molecular weight is 415 g/mol. The molecule has 0 spiro atoms. The molecule has 0 aliphatic heterocycles. The van der Waals surface area contributed by atoms with Gasteiger partial charge in [-0.05, 0) is 37.5 Å². The van der Waals surface area contributed by atoms with Crippen LogP contribution in [0.25, 0.3) is 10.9 Å². The van der Waals surface area contributed by atoms with Gasteiger partial charge in [-0.3, -0.25) is 9.59 Å². The summed E-state index contributed by atoms with van der Waals surface area (Å²) in [5, 5.41) is 13.0. The number of aliphatic hydroxyl groups is 1. The molecule has 2 N–H and O–H groups in total. The van der Waals surface area contributed by atoms with Crippen molar-refractivity contribution in [3.05, 3.63) is 80.3 Å². The van der Waals surface area contributed by atoms with Gasteiger partial charge in [0, 0.05) is 24.2 Å². The van der Waals surface area contributed by atoms with Gasteiger partial charge in [0.1, 0.15) is 11.4 Å². The van der Waals surface area contributed by atoms with Crippen molar-refractivity contribution in [2.75, 3.05) is 6.54 Å². The van der Waals surface area contributed by atoms with Gasteiger partial charge in [-0.15, -0.1) is 0 Å². The third-order valence-electron chi connectivity index (χ3n) is 5.14. The second kappa shape index (κ2) is 7.61. The van der Waals surface area contributed by atoms with E-state index >= 15 is 0 Å². The molecule has 1 aromatic heterocycles. The van der Waals surface area contributed by atoms with Crippen LogP contribution in [0.2, 0.25) is 5.02 Å². The summed E-state index contributed by atoms with van der Waals surface area (Å²) < 4.78 is 15.8. The lowest BCUT2D eigenvalue weighted by Gasteiger charge is -2.15. The fourth-order valence-corrected chi connectivity index (χ4v) is 3.60. The van der Waals surface area contributed by atoms with Crippen LogP contribution in [0, 0.1) is 12.7 Å². The topological polar surface area (TPSA) is 71.3 Å². The second-order valence-electron chi connectivity index (χ2n) is 7.43. The summed E-state index contributed by atoms with van der Waals surface area (Å²) in [6.45, 7) is 1.87. The van der Waals surface area contributed by atoms with Crippen LogP contribution in [-0.4, -0.2) is 22.1 Å². The number of nitrogens with one attached hydrogen (secondary N) is 1. The Morgan fingerprint density at radius 1 is 1.34 bits per heavy atom. The molecule has 1 fully saturated rings. The van der Waals surface area contributed by atoms with Crippen molar-refractivity contribution < 1.29 is 14.3 Å². The van der Waals surface area contributed by atoms with Gasteiger partial charge in [-0.1, -0.05) is 41.4 Å². The summed E-state index contributed by atoms with van der Waals surface area (Å²) in [6, 6.07) is 10.0. The Balaban J connectivity index is 1.64. The van der Waals surface area contributed by atoms with Gasteiger partial charge in [0.2, 0.25) is 5.43 Å². The molecule has 0 radical (unpaired) electrons. The molecule has 5 nitrogen and oxygen atoms in total. The van der Waals surface area contributed by atoms with E-state index in [9.17, 15) is 19.1 Å². The minimum Gasteiger partial charge on any atom is -0.387 e. The summed E-state index contributed by atoms with van der Waals surface area (Å²) in [7, 11) is 0. The van der Waals surface area contributed by atoms with Gasteiger partial charge in [-0.2, -0.15) is 0 Å². The second-order valence-corrected chi connectivity index (χ2v) is 7.84. The summed E-state index contributed by atoms with van der Waals surface area (Å²) in [4.78, 5) is 25.5. The van der Waals surface area contributed by atoms with Crippen LogP contribution in [0.4, 0.5) is 4.39 Å². The summed E-state index contributed by atoms with van der Waals surface area (Å²) in [5.74, 6) is -1.31. The Bertz CT molecular complexity index is 1170. The van der Waals surface area contributed by atoms with Crippen LogP contribution < -0.4 is 10.7 Å². The first-order valence-electron chi connectivity index (χ1n) is 9.42. The van der Waals surface area contributed by atoms with Gasteiger partial charge in [-0.25, -0.2) is 4.39 Å². The molecule has 1 heterocycles. The number of rotatable bonds is 5. The maximum atomic E-state index is 14.0. The predicted molar refractivity (Wildman–Crippen MR) is 110 cm³/mol. The number of pyridine rings is 1. The van der Waals surface area contributed by atoms with Crippen LogP contribution in [0.3, 0.4) is 0 Å². The Kier molecular flexibility index (Phi) is 5.15. The molecule has 150 valence electrons. The Morgan fingerprint density at radius 2 is 2.10 bits per heavy atom. The van der Waals surface area contributed by atoms with E-state index in [0.717, 1.165) is 24.5 Å². The smallest absolute Gasteiger partial charge is 0.256 e. The first kappa shape index (κ1) is 19.6. The molecule has 4 rings (SSSR count). The van der Waals surface area contributed by atoms with E-state index in [-0.39, 0.29) is 28.6 Å². The number of fused-ring (bicyclic) bond motifs is 1. The van der Waals surface area contributed by atoms with Gasteiger partial charge in [0.15, 0.2) is 0 Å². The van der Waals surface area contributed by atoms with Crippen LogP contribution in [0.1, 0.15) is 46.5 Å². The lowest BCUT2D eigenvalue weighted by atomic mass is 10.1. The molecule has 7 heteroatoms. The third kappa shape index (κ3) is 3.91. The van der Waals surface area contributed by atoms with E-state index in [4.69, 9.17) is 11.6 Å². The van der Waals surface area contributed by atoms with Crippen molar-refractivity contribution in [2.24, 2.45) is 0 Å². The van der Waals surface area contributed by atoms with E-state index in [1.54, 1.807) is 6.07 Å². The number of aryl methyl sites for hydroxylation is 1. The molecular formula is C22H20ClFN2O3. The minimum absolute atomic E-state index is 0.0435. The Morgan fingerprint density at radius 3 is 2.79 bits per heavy atom. The molecule has 3 aromatic rings. The molecule has 1 aliphatic carbocycles. The molecule has 2 aromatic carbocycles. The number of aromatic nitrogens is 1. The van der Waals surface area contributed by atoms with Gasteiger partial charge < -0.3 is 15.0 Å². The van der Waals surface area contributed by atoms with Crippen LogP contribution in [-0.2, 0) is 0 Å². The van der Waals surface area contributed by atoms with Gasteiger partial charge in [0.05, 0.1) is 16.6 Å². The normalized spacial score (nSPS) is 14.8. The molecule has 1 unspecified atom stereocenters. The Hall–Kier alpha value is -2.70. The number of benzene rings is 2. The lowest BCUT2D eigenvalue weighted by Crippen LogP contribution is -2.32. The van der Waals surface area contributed by atoms with E-state index in [1.807, 2.05) is 29.7 Å². The highest BCUT2D eigenvalue weighted by Gasteiger charge is 2.27. The summed E-state index contributed by atoms with van der Waals surface area (Å²) >= 11 is 5.90. The molecule has 1 saturated carbocycles. The van der Waals surface area contributed by atoms with E-state index in [0.29, 0.717) is 11.1 Å².